The average molecular weight is 575 g/mol. The van der Waals surface area contributed by atoms with Crippen LogP contribution in [0.2, 0.25) is 0 Å². The molecule has 2 saturated heterocycles. The van der Waals surface area contributed by atoms with Gasteiger partial charge in [0.2, 0.25) is 11.8 Å². The van der Waals surface area contributed by atoms with E-state index in [1.165, 1.54) is 0 Å². The van der Waals surface area contributed by atoms with Crippen molar-refractivity contribution < 1.29 is 22.4 Å². The first-order valence-electron chi connectivity index (χ1n) is 13.9. The highest BCUT2D eigenvalue weighted by Crippen LogP contribution is 2.42. The molecule has 6 rings (SSSR count). The first-order valence-corrected chi connectivity index (χ1v) is 13.9. The monoisotopic (exact) mass is 574 g/mol. The summed E-state index contributed by atoms with van der Waals surface area (Å²) in [6.07, 6.45) is -1.02. The van der Waals surface area contributed by atoms with Crippen LogP contribution in [0.25, 0.3) is 22.6 Å². The fourth-order valence-electron chi connectivity index (χ4n) is 5.97. The highest BCUT2D eigenvalue weighted by Gasteiger charge is 2.43. The lowest BCUT2D eigenvalue weighted by Gasteiger charge is -2.39. The Morgan fingerprint density at radius 1 is 1.05 bits per heavy atom. The van der Waals surface area contributed by atoms with Crippen molar-refractivity contribution in [3.8, 4) is 17.5 Å². The summed E-state index contributed by atoms with van der Waals surface area (Å²) in [6, 6.07) is 13.8. The van der Waals surface area contributed by atoms with Gasteiger partial charge in [0.05, 0.1) is 11.6 Å². The molecule has 4 aromatic rings. The van der Waals surface area contributed by atoms with Crippen LogP contribution in [0.4, 0.5) is 19.1 Å². The molecule has 0 saturated carbocycles. The van der Waals surface area contributed by atoms with Crippen molar-refractivity contribution >= 4 is 23.0 Å². The van der Waals surface area contributed by atoms with Crippen LogP contribution in [0, 0.1) is 16.7 Å². The van der Waals surface area contributed by atoms with Gasteiger partial charge in [0.1, 0.15) is 11.2 Å². The lowest BCUT2D eigenvalue weighted by Crippen LogP contribution is -2.43. The van der Waals surface area contributed by atoms with Gasteiger partial charge in [-0.15, -0.1) is 0 Å². The van der Waals surface area contributed by atoms with Gasteiger partial charge in [-0.2, -0.15) is 18.4 Å². The third-order valence-electron chi connectivity index (χ3n) is 8.41. The topological polar surface area (TPSA) is 99.2 Å². The Kier molecular flexibility index (Phi) is 6.87. The molecule has 1 amide bonds. The van der Waals surface area contributed by atoms with E-state index in [0.717, 1.165) is 42.7 Å². The van der Waals surface area contributed by atoms with Crippen molar-refractivity contribution in [2.75, 3.05) is 31.1 Å². The number of likely N-dealkylation sites (tertiary alicyclic amines) is 1. The summed E-state index contributed by atoms with van der Waals surface area (Å²) >= 11 is 0. The second-order valence-corrected chi connectivity index (χ2v) is 11.5. The number of fused-ring (bicyclic) bond motifs is 1. The van der Waals surface area contributed by atoms with E-state index in [9.17, 15) is 23.2 Å². The molecule has 11 heteroatoms. The molecule has 216 valence electrons. The number of aromatic nitrogens is 3. The molecule has 0 bridgehead atoms. The Morgan fingerprint density at radius 2 is 1.76 bits per heavy atom. The summed E-state index contributed by atoms with van der Waals surface area (Å²) in [5, 5.41) is 9.39. The van der Waals surface area contributed by atoms with Gasteiger partial charge in [0, 0.05) is 49.1 Å². The van der Waals surface area contributed by atoms with Crippen molar-refractivity contribution in [3.63, 3.8) is 0 Å². The minimum atomic E-state index is -4.51. The molecule has 42 heavy (non-hydrogen) atoms. The zero-order chi connectivity index (χ0) is 29.6. The van der Waals surface area contributed by atoms with Crippen molar-refractivity contribution in [1.82, 2.24) is 19.9 Å². The molecule has 4 heterocycles. The van der Waals surface area contributed by atoms with Gasteiger partial charge >= 0.3 is 6.18 Å². The standard InChI is InChI=1S/C31H29F3N6O2/c1-19(2)23-15-20(17-35)16-24-26(23)42-27(37-24)21-3-5-22(6-4-21)28(41)40-14-10-30(18-40)8-12-39(13-9-30)29-36-11-7-25(38-29)31(32,33)34/h3-7,11,15-16,19H,8-10,12-14,18H2,1-2H3. The summed E-state index contributed by atoms with van der Waals surface area (Å²) in [5.74, 6) is 0.625. The molecule has 2 fully saturated rings. The minimum Gasteiger partial charge on any atom is -0.436 e. The normalized spacial score (nSPS) is 16.9. The zero-order valence-corrected chi connectivity index (χ0v) is 23.3. The number of anilines is 1. The summed E-state index contributed by atoms with van der Waals surface area (Å²) in [6.45, 7) is 6.39. The maximum atomic E-state index is 13.4. The smallest absolute Gasteiger partial charge is 0.433 e. The molecule has 8 nitrogen and oxygen atoms in total. The van der Waals surface area contributed by atoms with Crippen molar-refractivity contribution in [2.24, 2.45) is 5.41 Å². The van der Waals surface area contributed by atoms with Crippen LogP contribution in [-0.4, -0.2) is 51.9 Å². The lowest BCUT2D eigenvalue weighted by atomic mass is 9.78. The molecule has 2 aliphatic heterocycles. The molecule has 2 aromatic carbocycles. The van der Waals surface area contributed by atoms with E-state index in [0.29, 0.717) is 54.3 Å². The van der Waals surface area contributed by atoms with E-state index in [2.05, 4.69) is 21.0 Å². The van der Waals surface area contributed by atoms with E-state index >= 15 is 0 Å². The number of alkyl halides is 3. The zero-order valence-electron chi connectivity index (χ0n) is 23.3. The van der Waals surface area contributed by atoms with E-state index < -0.39 is 11.9 Å². The van der Waals surface area contributed by atoms with E-state index in [-0.39, 0.29) is 23.2 Å². The Bertz CT molecular complexity index is 1680. The highest BCUT2D eigenvalue weighted by atomic mass is 19.4. The largest absolute Gasteiger partial charge is 0.436 e. The molecule has 1 spiro atoms. The Hall–Kier alpha value is -4.46. The number of amides is 1. The van der Waals surface area contributed by atoms with Crippen LogP contribution in [-0.2, 0) is 6.18 Å². The average Bonchev–Trinajstić information content (AvgIpc) is 3.61. The van der Waals surface area contributed by atoms with Crippen molar-refractivity contribution in [2.45, 2.75) is 45.2 Å². The van der Waals surface area contributed by atoms with Gasteiger partial charge in [0.25, 0.3) is 5.91 Å². The number of hydrogen-bond acceptors (Lipinski definition) is 7. The van der Waals surface area contributed by atoms with Crippen LogP contribution >= 0.6 is 0 Å². The number of rotatable bonds is 4. The predicted molar refractivity (Wildman–Crippen MR) is 150 cm³/mol. The van der Waals surface area contributed by atoms with Gasteiger partial charge < -0.3 is 14.2 Å². The quantitative estimate of drug-likeness (QED) is 0.277. The first-order chi connectivity index (χ1) is 20.0. The van der Waals surface area contributed by atoms with E-state index in [1.807, 2.05) is 36.9 Å². The van der Waals surface area contributed by atoms with Crippen molar-refractivity contribution in [3.05, 3.63) is 71.0 Å². The maximum absolute atomic E-state index is 13.4. The van der Waals surface area contributed by atoms with Crippen molar-refractivity contribution in [1.29, 1.82) is 5.26 Å². The van der Waals surface area contributed by atoms with Crippen LogP contribution in [0.3, 0.4) is 0 Å². The number of carbonyl (C=O) groups excluding carboxylic acids is 1. The minimum absolute atomic E-state index is 0.0552. The maximum Gasteiger partial charge on any atom is 0.433 e. The number of piperidine rings is 1. The van der Waals surface area contributed by atoms with E-state index in [1.54, 1.807) is 23.1 Å². The number of hydrogen-bond donors (Lipinski definition) is 0. The van der Waals surface area contributed by atoms with Crippen LogP contribution in [0.1, 0.15) is 66.2 Å². The molecule has 0 unspecified atom stereocenters. The number of benzene rings is 2. The molecule has 2 aliphatic rings. The Balaban J connectivity index is 1.12. The predicted octanol–water partition coefficient (Wildman–Crippen LogP) is 6.43. The van der Waals surface area contributed by atoms with Crippen LogP contribution in [0.15, 0.2) is 53.1 Å². The summed E-state index contributed by atoms with van der Waals surface area (Å²) < 4.78 is 45.4. The third-order valence-corrected chi connectivity index (χ3v) is 8.41. The molecule has 0 atom stereocenters. The Labute approximate surface area is 240 Å². The summed E-state index contributed by atoms with van der Waals surface area (Å²) in [4.78, 5) is 29.4. The first kappa shape index (κ1) is 27.7. The molecule has 2 aromatic heterocycles. The number of nitrogens with zero attached hydrogens (tertiary/aromatic N) is 6. The molecule has 0 N–H and O–H groups in total. The molecular formula is C31H29F3N6O2. The number of carbonyl (C=O) groups is 1. The van der Waals surface area contributed by atoms with Gasteiger partial charge in [-0.05, 0) is 73.1 Å². The fraction of sp³-hybridized carbons (Fsp3) is 0.387. The van der Waals surface area contributed by atoms with Gasteiger partial charge in [-0.3, -0.25) is 4.79 Å². The second-order valence-electron chi connectivity index (χ2n) is 11.5. The third kappa shape index (κ3) is 5.17. The summed E-state index contributed by atoms with van der Waals surface area (Å²) in [5.41, 5.74) is 3.03. The number of oxazole rings is 1. The van der Waals surface area contributed by atoms with Gasteiger partial charge in [-0.25, -0.2) is 15.0 Å². The molecule has 0 aliphatic carbocycles. The SMILES string of the molecule is CC(C)c1cc(C#N)cc2nc(-c3ccc(C(=O)N4CCC5(CCN(c6nccc(C(F)(F)F)n6)CC5)C4)cc3)oc12. The van der Waals surface area contributed by atoms with E-state index in [4.69, 9.17) is 4.42 Å². The number of nitriles is 1. The molecular weight excluding hydrogens is 545 g/mol. The lowest BCUT2D eigenvalue weighted by molar-refractivity contribution is -0.141. The van der Waals surface area contributed by atoms with Crippen LogP contribution < -0.4 is 4.90 Å². The highest BCUT2D eigenvalue weighted by molar-refractivity contribution is 5.95. The van der Waals surface area contributed by atoms with Gasteiger partial charge in [-0.1, -0.05) is 13.8 Å². The fourth-order valence-corrected chi connectivity index (χ4v) is 5.97. The number of halogens is 3. The van der Waals surface area contributed by atoms with Crippen LogP contribution in [0.5, 0.6) is 0 Å². The molecule has 0 radical (unpaired) electrons. The van der Waals surface area contributed by atoms with Gasteiger partial charge in [0.15, 0.2) is 5.58 Å². The summed E-state index contributed by atoms with van der Waals surface area (Å²) in [7, 11) is 0. The Morgan fingerprint density at radius 3 is 2.43 bits per heavy atom. The second kappa shape index (κ2) is 10.4.